The number of imidazole rings is 1. The molecule has 2 aromatic heterocycles. The Hall–Kier alpha value is -1.42. The highest BCUT2D eigenvalue weighted by atomic mass is 16.5. The van der Waals surface area contributed by atoms with Crippen molar-refractivity contribution in [2.45, 2.75) is 45.8 Å². The van der Waals surface area contributed by atoms with E-state index in [1.807, 2.05) is 12.3 Å². The van der Waals surface area contributed by atoms with Crippen molar-refractivity contribution in [2.24, 2.45) is 5.92 Å². The van der Waals surface area contributed by atoms with Gasteiger partial charge in [0, 0.05) is 12.1 Å². The largest absolute Gasteiger partial charge is 0.374 e. The van der Waals surface area contributed by atoms with Crippen molar-refractivity contribution in [3.63, 3.8) is 0 Å². The van der Waals surface area contributed by atoms with Gasteiger partial charge in [0.2, 0.25) is 0 Å². The maximum absolute atomic E-state index is 5.89. The van der Waals surface area contributed by atoms with Crippen LogP contribution in [0.2, 0.25) is 0 Å². The Morgan fingerprint density at radius 3 is 2.61 bits per heavy atom. The second-order valence-electron chi connectivity index (χ2n) is 5.38. The lowest BCUT2D eigenvalue weighted by Crippen LogP contribution is -2.16. The number of rotatable bonds is 1. The van der Waals surface area contributed by atoms with E-state index in [1.54, 1.807) is 0 Å². The fourth-order valence-electron chi connectivity index (χ4n) is 2.95. The SMILES string of the molecule is Cc1ccnc2nc(C3C(C)OC(C)C3C)[nH]c12. The summed E-state index contributed by atoms with van der Waals surface area (Å²) in [5.41, 5.74) is 3.04. The Balaban J connectivity index is 2.07. The number of aromatic nitrogens is 3. The lowest BCUT2D eigenvalue weighted by Gasteiger charge is -2.15. The molecule has 4 heteroatoms. The molecule has 0 radical (unpaired) electrons. The van der Waals surface area contributed by atoms with E-state index in [-0.39, 0.29) is 12.2 Å². The number of nitrogens with zero attached hydrogens (tertiary/aromatic N) is 2. The first kappa shape index (κ1) is 11.7. The summed E-state index contributed by atoms with van der Waals surface area (Å²) in [6, 6.07) is 2.00. The molecule has 18 heavy (non-hydrogen) atoms. The molecule has 2 aromatic rings. The number of pyridine rings is 1. The fraction of sp³-hybridized carbons (Fsp3) is 0.571. The molecule has 4 nitrogen and oxygen atoms in total. The van der Waals surface area contributed by atoms with Gasteiger partial charge in [-0.15, -0.1) is 0 Å². The van der Waals surface area contributed by atoms with Crippen LogP contribution >= 0.6 is 0 Å². The highest BCUT2D eigenvalue weighted by Crippen LogP contribution is 2.39. The van der Waals surface area contributed by atoms with Gasteiger partial charge in [-0.3, -0.25) is 0 Å². The summed E-state index contributed by atoms with van der Waals surface area (Å²) in [6.45, 7) is 8.56. The Morgan fingerprint density at radius 2 is 2.00 bits per heavy atom. The first-order valence-electron chi connectivity index (χ1n) is 6.54. The van der Waals surface area contributed by atoms with Crippen molar-refractivity contribution in [2.75, 3.05) is 0 Å². The molecule has 3 rings (SSSR count). The van der Waals surface area contributed by atoms with Crippen molar-refractivity contribution < 1.29 is 4.74 Å². The Labute approximate surface area is 107 Å². The van der Waals surface area contributed by atoms with Crippen LogP contribution in [0.1, 0.15) is 38.1 Å². The summed E-state index contributed by atoms with van der Waals surface area (Å²) in [4.78, 5) is 12.4. The average Bonchev–Trinajstić information content (AvgIpc) is 2.83. The van der Waals surface area contributed by atoms with Crippen LogP contribution in [0, 0.1) is 12.8 Å². The quantitative estimate of drug-likeness (QED) is 0.840. The smallest absolute Gasteiger partial charge is 0.177 e. The first-order chi connectivity index (χ1) is 8.58. The van der Waals surface area contributed by atoms with Crippen molar-refractivity contribution in [3.8, 4) is 0 Å². The normalized spacial score (nSPS) is 32.2. The maximum Gasteiger partial charge on any atom is 0.177 e. The van der Waals surface area contributed by atoms with Gasteiger partial charge < -0.3 is 9.72 Å². The highest BCUT2D eigenvalue weighted by Gasteiger charge is 2.39. The zero-order valence-corrected chi connectivity index (χ0v) is 11.3. The molecule has 0 aromatic carbocycles. The second-order valence-corrected chi connectivity index (χ2v) is 5.38. The summed E-state index contributed by atoms with van der Waals surface area (Å²) in [5.74, 6) is 1.81. The van der Waals surface area contributed by atoms with Gasteiger partial charge in [0.15, 0.2) is 5.65 Å². The summed E-state index contributed by atoms with van der Waals surface area (Å²) in [5, 5.41) is 0. The van der Waals surface area contributed by atoms with E-state index >= 15 is 0 Å². The van der Waals surface area contributed by atoms with E-state index in [9.17, 15) is 0 Å². The molecule has 96 valence electrons. The van der Waals surface area contributed by atoms with E-state index in [1.165, 1.54) is 5.56 Å². The number of H-pyrrole nitrogens is 1. The molecule has 4 atom stereocenters. The lowest BCUT2D eigenvalue weighted by atomic mass is 9.89. The molecule has 1 aliphatic heterocycles. The van der Waals surface area contributed by atoms with Crippen molar-refractivity contribution in [3.05, 3.63) is 23.7 Å². The number of hydrogen-bond donors (Lipinski definition) is 1. The van der Waals surface area contributed by atoms with E-state index in [4.69, 9.17) is 4.74 Å². The molecule has 0 spiro atoms. The van der Waals surface area contributed by atoms with E-state index in [2.05, 4.69) is 42.6 Å². The predicted molar refractivity (Wildman–Crippen MR) is 70.5 cm³/mol. The molecular formula is C14H19N3O. The van der Waals surface area contributed by atoms with Gasteiger partial charge in [-0.1, -0.05) is 6.92 Å². The van der Waals surface area contributed by atoms with E-state index in [0.29, 0.717) is 11.8 Å². The van der Waals surface area contributed by atoms with Crippen LogP contribution < -0.4 is 0 Å². The summed E-state index contributed by atoms with van der Waals surface area (Å²) < 4.78 is 5.89. The standard InChI is InChI=1S/C14H19N3O/c1-7-5-6-15-14-12(7)16-13(17-14)11-8(2)9(3)18-10(11)4/h5-6,8-11H,1-4H3,(H,15,16,17). The Kier molecular flexibility index (Phi) is 2.63. The zero-order chi connectivity index (χ0) is 12.9. The third kappa shape index (κ3) is 1.63. The van der Waals surface area contributed by atoms with Crippen molar-refractivity contribution in [1.29, 1.82) is 0 Å². The van der Waals surface area contributed by atoms with Crippen molar-refractivity contribution in [1.82, 2.24) is 15.0 Å². The summed E-state index contributed by atoms with van der Waals surface area (Å²) in [6.07, 6.45) is 2.30. The van der Waals surface area contributed by atoms with Crippen LogP contribution in [-0.2, 0) is 4.74 Å². The third-order valence-corrected chi connectivity index (χ3v) is 4.18. The Bertz CT molecular complexity index is 577. The van der Waals surface area contributed by atoms with Crippen LogP contribution in [-0.4, -0.2) is 27.2 Å². The minimum Gasteiger partial charge on any atom is -0.374 e. The number of aryl methyl sites for hydroxylation is 1. The molecule has 0 bridgehead atoms. The monoisotopic (exact) mass is 245 g/mol. The van der Waals surface area contributed by atoms with Gasteiger partial charge in [-0.2, -0.15) is 0 Å². The van der Waals surface area contributed by atoms with Crippen LogP contribution in [0.25, 0.3) is 11.2 Å². The zero-order valence-electron chi connectivity index (χ0n) is 11.3. The molecule has 1 saturated heterocycles. The third-order valence-electron chi connectivity index (χ3n) is 4.18. The molecule has 4 unspecified atom stereocenters. The van der Waals surface area contributed by atoms with Crippen LogP contribution in [0.15, 0.2) is 12.3 Å². The molecule has 0 saturated carbocycles. The molecular weight excluding hydrogens is 226 g/mol. The number of nitrogens with one attached hydrogen (secondary N) is 1. The minimum atomic E-state index is 0.205. The maximum atomic E-state index is 5.89. The first-order valence-corrected chi connectivity index (χ1v) is 6.54. The van der Waals surface area contributed by atoms with E-state index in [0.717, 1.165) is 17.0 Å². The van der Waals surface area contributed by atoms with Crippen LogP contribution in [0.3, 0.4) is 0 Å². The average molecular weight is 245 g/mol. The summed E-state index contributed by atoms with van der Waals surface area (Å²) >= 11 is 0. The van der Waals surface area contributed by atoms with E-state index < -0.39 is 0 Å². The van der Waals surface area contributed by atoms with Gasteiger partial charge in [0.25, 0.3) is 0 Å². The van der Waals surface area contributed by atoms with Crippen LogP contribution in [0.4, 0.5) is 0 Å². The minimum absolute atomic E-state index is 0.205. The number of fused-ring (bicyclic) bond motifs is 1. The Morgan fingerprint density at radius 1 is 1.22 bits per heavy atom. The molecule has 1 N–H and O–H groups in total. The highest BCUT2D eigenvalue weighted by molar-refractivity contribution is 5.74. The molecule has 0 amide bonds. The molecule has 0 aliphatic carbocycles. The van der Waals surface area contributed by atoms with Gasteiger partial charge in [-0.25, -0.2) is 9.97 Å². The number of ether oxygens (including phenoxy) is 1. The van der Waals surface area contributed by atoms with Gasteiger partial charge in [0.05, 0.1) is 17.7 Å². The molecule has 3 heterocycles. The van der Waals surface area contributed by atoms with Gasteiger partial charge in [0.1, 0.15) is 5.82 Å². The topological polar surface area (TPSA) is 50.8 Å². The molecule has 1 aliphatic rings. The predicted octanol–water partition coefficient (Wildman–Crippen LogP) is 2.79. The summed E-state index contributed by atoms with van der Waals surface area (Å²) in [7, 11) is 0. The molecule has 1 fully saturated rings. The van der Waals surface area contributed by atoms with Gasteiger partial charge >= 0.3 is 0 Å². The second kappa shape index (κ2) is 4.05. The fourth-order valence-corrected chi connectivity index (χ4v) is 2.95. The van der Waals surface area contributed by atoms with Crippen LogP contribution in [0.5, 0.6) is 0 Å². The number of aromatic amines is 1. The van der Waals surface area contributed by atoms with Gasteiger partial charge in [-0.05, 0) is 38.3 Å². The van der Waals surface area contributed by atoms with Crippen molar-refractivity contribution >= 4 is 11.2 Å². The lowest BCUT2D eigenvalue weighted by molar-refractivity contribution is 0.0554. The number of hydrogen-bond acceptors (Lipinski definition) is 3.